The summed E-state index contributed by atoms with van der Waals surface area (Å²) in [6, 6.07) is 0. The average molecular weight is 244 g/mol. The zero-order chi connectivity index (χ0) is 12.5. The van der Waals surface area contributed by atoms with Gasteiger partial charge in [0, 0.05) is 0 Å². The van der Waals surface area contributed by atoms with Crippen molar-refractivity contribution in [1.29, 1.82) is 0 Å². The molecule has 4 atom stereocenters. The predicted octanol–water partition coefficient (Wildman–Crippen LogP) is 0.111. The quantitative estimate of drug-likeness (QED) is 0.519. The van der Waals surface area contributed by atoms with E-state index in [-0.39, 0.29) is 29.6 Å². The van der Waals surface area contributed by atoms with E-state index in [1.54, 1.807) is 0 Å². The molecule has 4 rings (SSSR count). The zero-order valence-corrected chi connectivity index (χ0v) is 9.85. The Morgan fingerprint density at radius 1 is 1.28 bits per heavy atom. The Morgan fingerprint density at radius 2 is 2.00 bits per heavy atom. The Hall–Kier alpha value is -1.98. The maximum Gasteiger partial charge on any atom is 0.256 e. The van der Waals surface area contributed by atoms with Crippen molar-refractivity contribution in [2.24, 2.45) is 23.2 Å². The zero-order valence-electron chi connectivity index (χ0n) is 9.85. The van der Waals surface area contributed by atoms with Crippen LogP contribution in [-0.4, -0.2) is 26.7 Å². The molecule has 1 aromatic heterocycles. The predicted molar refractivity (Wildman–Crippen MR) is 60.6 cm³/mol. The highest BCUT2D eigenvalue weighted by Crippen LogP contribution is 2.59. The first-order valence-corrected chi connectivity index (χ1v) is 6.05. The van der Waals surface area contributed by atoms with Crippen molar-refractivity contribution in [3.63, 3.8) is 0 Å². The smallest absolute Gasteiger partial charge is 0.256 e. The van der Waals surface area contributed by atoms with Gasteiger partial charge in [0.1, 0.15) is 12.7 Å². The Morgan fingerprint density at radius 3 is 2.67 bits per heavy atom. The fourth-order valence-electron chi connectivity index (χ4n) is 3.80. The van der Waals surface area contributed by atoms with Crippen molar-refractivity contribution < 1.29 is 9.59 Å². The molecule has 6 heteroatoms. The van der Waals surface area contributed by atoms with Crippen LogP contribution in [0.1, 0.15) is 13.3 Å². The minimum Gasteiger partial charge on any atom is -0.272 e. The molecule has 3 aliphatic rings. The number of amides is 2. The summed E-state index contributed by atoms with van der Waals surface area (Å²) in [5.41, 5.74) is -0.583. The van der Waals surface area contributed by atoms with Gasteiger partial charge in [-0.15, -0.1) is 10.2 Å². The number of hydrogen-bond donors (Lipinski definition) is 0. The topological polar surface area (TPSA) is 68.1 Å². The van der Waals surface area contributed by atoms with E-state index in [9.17, 15) is 9.59 Å². The van der Waals surface area contributed by atoms with E-state index in [4.69, 9.17) is 0 Å². The maximum absolute atomic E-state index is 12.6. The summed E-state index contributed by atoms with van der Waals surface area (Å²) in [5.74, 6) is -0.0842. The monoisotopic (exact) mass is 244 g/mol. The average Bonchev–Trinajstić information content (AvgIpc) is 3.04. The van der Waals surface area contributed by atoms with Gasteiger partial charge in [0.2, 0.25) is 0 Å². The largest absolute Gasteiger partial charge is 0.272 e. The van der Waals surface area contributed by atoms with E-state index < -0.39 is 5.41 Å². The molecule has 0 unspecified atom stereocenters. The second-order valence-corrected chi connectivity index (χ2v) is 5.45. The minimum atomic E-state index is -0.583. The Labute approximate surface area is 103 Å². The summed E-state index contributed by atoms with van der Waals surface area (Å²) in [7, 11) is 0. The molecule has 1 saturated carbocycles. The SMILES string of the molecule is C[C@@]12C(=O)N(n3cnnc3)C(=O)[C@@H]1[C@H]1C=C[C@H]2C1. The molecule has 0 N–H and O–H groups in total. The van der Waals surface area contributed by atoms with Crippen molar-refractivity contribution in [3.05, 3.63) is 24.8 Å². The third-order valence-electron chi connectivity index (χ3n) is 4.73. The summed E-state index contributed by atoms with van der Waals surface area (Å²) >= 11 is 0. The van der Waals surface area contributed by atoms with Crippen LogP contribution in [0.5, 0.6) is 0 Å². The molecule has 92 valence electrons. The van der Waals surface area contributed by atoms with Crippen molar-refractivity contribution in [2.45, 2.75) is 13.3 Å². The lowest BCUT2D eigenvalue weighted by Crippen LogP contribution is -2.43. The molecule has 2 fully saturated rings. The van der Waals surface area contributed by atoms with E-state index in [1.165, 1.54) is 22.3 Å². The van der Waals surface area contributed by atoms with Crippen LogP contribution in [0.25, 0.3) is 0 Å². The number of rotatable bonds is 1. The number of hydrogen-bond acceptors (Lipinski definition) is 4. The van der Waals surface area contributed by atoms with Crippen LogP contribution in [0, 0.1) is 23.2 Å². The van der Waals surface area contributed by atoms with Crippen molar-refractivity contribution in [3.8, 4) is 0 Å². The molecule has 18 heavy (non-hydrogen) atoms. The van der Waals surface area contributed by atoms with Crippen molar-refractivity contribution in [2.75, 3.05) is 5.01 Å². The third-order valence-corrected chi connectivity index (χ3v) is 4.73. The van der Waals surface area contributed by atoms with Gasteiger partial charge in [-0.05, 0) is 25.2 Å². The molecule has 0 aromatic carbocycles. The second-order valence-electron chi connectivity index (χ2n) is 5.45. The molecular weight excluding hydrogens is 232 g/mol. The highest BCUT2D eigenvalue weighted by atomic mass is 16.2. The highest BCUT2D eigenvalue weighted by molar-refractivity contribution is 6.19. The number of imide groups is 1. The number of fused-ring (bicyclic) bond motifs is 5. The van der Waals surface area contributed by atoms with Crippen molar-refractivity contribution >= 4 is 11.8 Å². The number of aromatic nitrogens is 3. The van der Waals surface area contributed by atoms with Crippen LogP contribution in [0.15, 0.2) is 24.8 Å². The fraction of sp³-hybridized carbons (Fsp3) is 0.500. The van der Waals surface area contributed by atoms with E-state index in [0.29, 0.717) is 0 Å². The number of allylic oxidation sites excluding steroid dienone is 2. The van der Waals surface area contributed by atoms with Crippen LogP contribution in [0.3, 0.4) is 0 Å². The van der Waals surface area contributed by atoms with E-state index in [0.717, 1.165) is 6.42 Å². The van der Waals surface area contributed by atoms with Crippen LogP contribution < -0.4 is 5.01 Å². The molecule has 0 spiro atoms. The molecule has 6 nitrogen and oxygen atoms in total. The normalized spacial score (nSPS) is 40.9. The lowest BCUT2D eigenvalue weighted by molar-refractivity contribution is -0.128. The standard InChI is InChI=1S/C12H12N4O2/c1-12-8-3-2-7(4-8)9(12)10(17)16(11(12)18)15-5-13-14-6-15/h2-3,5-9H,4H2,1H3/t7-,8-,9-,12-/m0/s1. The van der Waals surface area contributed by atoms with Gasteiger partial charge in [-0.25, -0.2) is 4.68 Å². The van der Waals surface area contributed by atoms with Crippen LogP contribution >= 0.6 is 0 Å². The van der Waals surface area contributed by atoms with E-state index in [1.807, 2.05) is 6.92 Å². The summed E-state index contributed by atoms with van der Waals surface area (Å²) in [6.07, 6.45) is 7.86. The van der Waals surface area contributed by atoms with Gasteiger partial charge in [0.15, 0.2) is 0 Å². The molecule has 1 aromatic rings. The van der Waals surface area contributed by atoms with E-state index >= 15 is 0 Å². The molecule has 2 amide bonds. The summed E-state index contributed by atoms with van der Waals surface area (Å²) in [6.45, 7) is 1.91. The molecule has 2 heterocycles. The van der Waals surface area contributed by atoms with Gasteiger partial charge in [-0.3, -0.25) is 9.59 Å². The number of carbonyl (C=O) groups excluding carboxylic acids is 2. The first-order valence-electron chi connectivity index (χ1n) is 6.05. The first kappa shape index (κ1) is 9.99. The fourth-order valence-corrected chi connectivity index (χ4v) is 3.80. The summed E-state index contributed by atoms with van der Waals surface area (Å²) in [4.78, 5) is 25.1. The van der Waals surface area contributed by atoms with Crippen molar-refractivity contribution in [1.82, 2.24) is 14.9 Å². The van der Waals surface area contributed by atoms with E-state index in [2.05, 4.69) is 22.3 Å². The van der Waals surface area contributed by atoms with Gasteiger partial charge < -0.3 is 0 Å². The molecule has 1 aliphatic heterocycles. The molecule has 2 bridgehead atoms. The first-order chi connectivity index (χ1) is 8.64. The molecule has 2 aliphatic carbocycles. The molecule has 1 saturated heterocycles. The highest BCUT2D eigenvalue weighted by Gasteiger charge is 2.67. The number of nitrogens with zero attached hydrogens (tertiary/aromatic N) is 4. The van der Waals surface area contributed by atoms with Crippen LogP contribution in [-0.2, 0) is 9.59 Å². The Bertz CT molecular complexity index is 579. The second kappa shape index (κ2) is 2.88. The summed E-state index contributed by atoms with van der Waals surface area (Å²) < 4.78 is 1.38. The minimum absolute atomic E-state index is 0.126. The summed E-state index contributed by atoms with van der Waals surface area (Å²) in [5, 5.41) is 8.51. The Balaban J connectivity index is 1.85. The van der Waals surface area contributed by atoms with Gasteiger partial charge in [0.25, 0.3) is 11.8 Å². The van der Waals surface area contributed by atoms with Gasteiger partial charge in [-0.2, -0.15) is 5.01 Å². The lowest BCUT2D eigenvalue weighted by atomic mass is 9.71. The van der Waals surface area contributed by atoms with Gasteiger partial charge in [-0.1, -0.05) is 12.2 Å². The number of carbonyl (C=O) groups is 2. The maximum atomic E-state index is 12.6. The van der Waals surface area contributed by atoms with Gasteiger partial charge in [0.05, 0.1) is 11.3 Å². The van der Waals surface area contributed by atoms with Gasteiger partial charge >= 0.3 is 0 Å². The molecule has 0 radical (unpaired) electrons. The van der Waals surface area contributed by atoms with Crippen LogP contribution in [0.2, 0.25) is 0 Å². The lowest BCUT2D eigenvalue weighted by Gasteiger charge is -2.27. The Kier molecular flexibility index (Phi) is 1.60. The van der Waals surface area contributed by atoms with Crippen LogP contribution in [0.4, 0.5) is 0 Å². The molecular formula is C12H12N4O2. The third kappa shape index (κ3) is 0.878.